The summed E-state index contributed by atoms with van der Waals surface area (Å²) in [6, 6.07) is 9.22. The fourth-order valence-electron chi connectivity index (χ4n) is 2.66. The van der Waals surface area contributed by atoms with Crippen LogP contribution in [0, 0.1) is 0 Å². The lowest BCUT2D eigenvalue weighted by molar-refractivity contribution is 0.224. The van der Waals surface area contributed by atoms with E-state index < -0.39 is 0 Å². The van der Waals surface area contributed by atoms with Gasteiger partial charge in [-0.3, -0.25) is 4.90 Å². The first-order valence-electron chi connectivity index (χ1n) is 7.50. The van der Waals surface area contributed by atoms with E-state index in [0.29, 0.717) is 12.6 Å². The van der Waals surface area contributed by atoms with E-state index in [1.54, 1.807) is 0 Å². The molecule has 0 aliphatic heterocycles. The third-order valence-corrected chi connectivity index (χ3v) is 3.88. The fraction of sp³-hybridized carbons (Fsp3) is 0.625. The Morgan fingerprint density at radius 2 is 1.42 bits per heavy atom. The molecule has 0 bridgehead atoms. The lowest BCUT2D eigenvalue weighted by Gasteiger charge is -2.29. The topological polar surface area (TPSA) is 32.5 Å². The zero-order valence-electron chi connectivity index (χ0n) is 12.9. The molecule has 108 valence electrons. The van der Waals surface area contributed by atoms with Crippen LogP contribution in [0.1, 0.15) is 39.3 Å². The van der Waals surface area contributed by atoms with Crippen molar-refractivity contribution < 1.29 is 0 Å². The van der Waals surface area contributed by atoms with E-state index in [1.165, 1.54) is 11.3 Å². The van der Waals surface area contributed by atoms with Crippen LogP contribution in [0.5, 0.6) is 0 Å². The highest BCUT2D eigenvalue weighted by Crippen LogP contribution is 2.22. The van der Waals surface area contributed by atoms with E-state index >= 15 is 0 Å². The van der Waals surface area contributed by atoms with Crippen molar-refractivity contribution in [3.8, 4) is 0 Å². The summed E-state index contributed by atoms with van der Waals surface area (Å²) in [5.74, 6) is 0. The second-order valence-electron chi connectivity index (χ2n) is 4.74. The Hall–Kier alpha value is -1.06. The van der Waals surface area contributed by atoms with Gasteiger partial charge in [-0.15, -0.1) is 0 Å². The van der Waals surface area contributed by atoms with Crippen molar-refractivity contribution in [3.05, 3.63) is 29.8 Å². The van der Waals surface area contributed by atoms with E-state index in [-0.39, 0.29) is 0 Å². The molecule has 0 spiro atoms. The van der Waals surface area contributed by atoms with E-state index in [1.807, 2.05) is 0 Å². The van der Waals surface area contributed by atoms with Gasteiger partial charge in [0.25, 0.3) is 0 Å². The van der Waals surface area contributed by atoms with Gasteiger partial charge in [-0.1, -0.05) is 26.0 Å². The minimum Gasteiger partial charge on any atom is -0.372 e. The summed E-state index contributed by atoms with van der Waals surface area (Å²) in [5.41, 5.74) is 8.57. The second kappa shape index (κ2) is 8.18. The Balaban J connectivity index is 2.89. The monoisotopic (exact) mass is 263 g/mol. The summed E-state index contributed by atoms with van der Waals surface area (Å²) in [7, 11) is 0. The van der Waals surface area contributed by atoms with Gasteiger partial charge in [0.1, 0.15) is 0 Å². The molecular weight excluding hydrogens is 234 g/mol. The Labute approximate surface area is 118 Å². The second-order valence-corrected chi connectivity index (χ2v) is 4.74. The number of nitrogens with two attached hydrogens (primary N) is 1. The van der Waals surface area contributed by atoms with Crippen molar-refractivity contribution >= 4 is 5.69 Å². The molecule has 0 aromatic heterocycles. The van der Waals surface area contributed by atoms with Gasteiger partial charge in [-0.25, -0.2) is 0 Å². The van der Waals surface area contributed by atoms with Crippen LogP contribution in [-0.2, 0) is 0 Å². The number of rotatable bonds is 8. The normalized spacial score (nSPS) is 12.7. The molecule has 0 saturated carbocycles. The third kappa shape index (κ3) is 3.95. The summed E-state index contributed by atoms with van der Waals surface area (Å²) in [6.07, 6.45) is 0. The Morgan fingerprint density at radius 1 is 0.895 bits per heavy atom. The van der Waals surface area contributed by atoms with Gasteiger partial charge >= 0.3 is 0 Å². The van der Waals surface area contributed by atoms with Crippen molar-refractivity contribution in [2.24, 2.45) is 5.73 Å². The maximum Gasteiger partial charge on any atom is 0.0470 e. The summed E-state index contributed by atoms with van der Waals surface area (Å²) in [4.78, 5) is 4.77. The number of likely N-dealkylation sites (N-methyl/N-ethyl adjacent to an activating group) is 1. The molecule has 0 fully saturated rings. The van der Waals surface area contributed by atoms with Crippen LogP contribution in [0.25, 0.3) is 0 Å². The zero-order chi connectivity index (χ0) is 14.3. The Morgan fingerprint density at radius 3 is 1.79 bits per heavy atom. The summed E-state index contributed by atoms with van der Waals surface area (Å²) in [6.45, 7) is 13.6. The molecule has 0 amide bonds. The van der Waals surface area contributed by atoms with Crippen molar-refractivity contribution in [1.82, 2.24) is 4.90 Å². The largest absolute Gasteiger partial charge is 0.372 e. The standard InChI is InChI=1S/C16H29N3/c1-5-18(6-2)15-11-9-14(10-12-15)16(13-17)19(7-3)8-4/h9-12,16H,5-8,13,17H2,1-4H3. The Bertz CT molecular complexity index is 340. The first kappa shape index (κ1) is 16.0. The van der Waals surface area contributed by atoms with Crippen LogP contribution in [0.4, 0.5) is 5.69 Å². The van der Waals surface area contributed by atoms with Gasteiger partial charge in [0.15, 0.2) is 0 Å². The van der Waals surface area contributed by atoms with E-state index in [9.17, 15) is 0 Å². The Kier molecular flexibility index (Phi) is 6.89. The lowest BCUT2D eigenvalue weighted by Crippen LogP contribution is -2.33. The van der Waals surface area contributed by atoms with Gasteiger partial charge in [0, 0.05) is 31.4 Å². The molecule has 0 heterocycles. The molecule has 3 heteroatoms. The first-order chi connectivity index (χ1) is 9.21. The van der Waals surface area contributed by atoms with Gasteiger partial charge in [0.2, 0.25) is 0 Å². The molecule has 0 radical (unpaired) electrons. The minimum absolute atomic E-state index is 0.334. The van der Waals surface area contributed by atoms with Crippen LogP contribution in [0.15, 0.2) is 24.3 Å². The van der Waals surface area contributed by atoms with Crippen LogP contribution >= 0.6 is 0 Å². The first-order valence-corrected chi connectivity index (χ1v) is 7.50. The lowest BCUT2D eigenvalue weighted by atomic mass is 10.0. The molecule has 2 N–H and O–H groups in total. The molecule has 1 atom stereocenters. The summed E-state index contributed by atoms with van der Waals surface area (Å²) >= 11 is 0. The number of benzene rings is 1. The fourth-order valence-corrected chi connectivity index (χ4v) is 2.66. The molecule has 0 saturated heterocycles. The average Bonchev–Trinajstić information content (AvgIpc) is 2.47. The van der Waals surface area contributed by atoms with Crippen LogP contribution < -0.4 is 10.6 Å². The molecule has 1 aromatic rings. The highest BCUT2D eigenvalue weighted by atomic mass is 15.2. The average molecular weight is 263 g/mol. The van der Waals surface area contributed by atoms with Gasteiger partial charge in [-0.05, 0) is 44.6 Å². The maximum atomic E-state index is 5.95. The number of anilines is 1. The SMILES string of the molecule is CCN(CC)c1ccc(C(CN)N(CC)CC)cc1. The van der Waals surface area contributed by atoms with E-state index in [4.69, 9.17) is 5.73 Å². The zero-order valence-corrected chi connectivity index (χ0v) is 12.9. The molecule has 19 heavy (non-hydrogen) atoms. The summed E-state index contributed by atoms with van der Waals surface area (Å²) < 4.78 is 0. The minimum atomic E-state index is 0.334. The van der Waals surface area contributed by atoms with Crippen LogP contribution in [0.2, 0.25) is 0 Å². The molecule has 1 unspecified atom stereocenters. The van der Waals surface area contributed by atoms with Crippen LogP contribution in [-0.4, -0.2) is 37.6 Å². The van der Waals surface area contributed by atoms with Crippen molar-refractivity contribution in [1.29, 1.82) is 0 Å². The highest BCUT2D eigenvalue weighted by molar-refractivity contribution is 5.47. The number of hydrogen-bond donors (Lipinski definition) is 1. The van der Waals surface area contributed by atoms with Crippen molar-refractivity contribution in [2.45, 2.75) is 33.7 Å². The quantitative estimate of drug-likeness (QED) is 0.783. The smallest absolute Gasteiger partial charge is 0.0470 e. The predicted molar refractivity (Wildman–Crippen MR) is 84.7 cm³/mol. The molecule has 0 aliphatic rings. The van der Waals surface area contributed by atoms with E-state index in [2.05, 4.69) is 61.8 Å². The van der Waals surface area contributed by atoms with Gasteiger partial charge < -0.3 is 10.6 Å². The number of hydrogen-bond acceptors (Lipinski definition) is 3. The molecular formula is C16H29N3. The molecule has 1 aromatic carbocycles. The third-order valence-electron chi connectivity index (χ3n) is 3.88. The maximum absolute atomic E-state index is 5.95. The van der Waals surface area contributed by atoms with Gasteiger partial charge in [-0.2, -0.15) is 0 Å². The van der Waals surface area contributed by atoms with E-state index in [0.717, 1.165) is 26.2 Å². The molecule has 0 aliphatic carbocycles. The number of nitrogens with zero attached hydrogens (tertiary/aromatic N) is 2. The van der Waals surface area contributed by atoms with Crippen LogP contribution in [0.3, 0.4) is 0 Å². The van der Waals surface area contributed by atoms with Crippen molar-refractivity contribution in [2.75, 3.05) is 37.6 Å². The molecule has 3 nitrogen and oxygen atoms in total. The van der Waals surface area contributed by atoms with Crippen molar-refractivity contribution in [3.63, 3.8) is 0 Å². The predicted octanol–water partition coefficient (Wildman–Crippen LogP) is 2.87. The van der Waals surface area contributed by atoms with Gasteiger partial charge in [0.05, 0.1) is 0 Å². The molecule has 1 rings (SSSR count). The highest BCUT2D eigenvalue weighted by Gasteiger charge is 2.16. The summed E-state index contributed by atoms with van der Waals surface area (Å²) in [5, 5.41) is 0.